The lowest BCUT2D eigenvalue weighted by Crippen LogP contribution is -2.30. The fourth-order valence-corrected chi connectivity index (χ4v) is 3.26. The van der Waals surface area contributed by atoms with Crippen LogP contribution in [0.2, 0.25) is 0 Å². The Balaban J connectivity index is 2.28. The van der Waals surface area contributed by atoms with Gasteiger partial charge in [0.1, 0.15) is 6.10 Å². The monoisotopic (exact) mass is 338 g/mol. The van der Waals surface area contributed by atoms with E-state index in [-0.39, 0.29) is 29.3 Å². The minimum Gasteiger partial charge on any atom is -0.458 e. The van der Waals surface area contributed by atoms with Crippen LogP contribution in [0.5, 0.6) is 0 Å². The van der Waals surface area contributed by atoms with Gasteiger partial charge in [-0.1, -0.05) is 90.1 Å². The first-order chi connectivity index (χ1) is 11.7. The smallest absolute Gasteiger partial charge is 0.338 e. The van der Waals surface area contributed by atoms with Crippen LogP contribution in [0.25, 0.3) is 0 Å². The minimum atomic E-state index is -0.230. The highest BCUT2D eigenvalue weighted by molar-refractivity contribution is 5.91. The summed E-state index contributed by atoms with van der Waals surface area (Å²) >= 11 is 0. The van der Waals surface area contributed by atoms with Crippen LogP contribution < -0.4 is 0 Å². The molecule has 0 N–H and O–H groups in total. The van der Waals surface area contributed by atoms with Gasteiger partial charge in [0.05, 0.1) is 5.56 Å². The van der Waals surface area contributed by atoms with E-state index in [9.17, 15) is 4.79 Å². The lowest BCUT2D eigenvalue weighted by atomic mass is 9.83. The molecule has 134 valence electrons. The van der Waals surface area contributed by atoms with Gasteiger partial charge in [-0.3, -0.25) is 0 Å². The maximum Gasteiger partial charge on any atom is 0.338 e. The van der Waals surface area contributed by atoms with Crippen LogP contribution in [-0.2, 0) is 10.2 Å². The average Bonchev–Trinajstić information content (AvgIpc) is 2.58. The van der Waals surface area contributed by atoms with Gasteiger partial charge in [-0.15, -0.1) is 0 Å². The van der Waals surface area contributed by atoms with Crippen LogP contribution in [0, 0.1) is 5.92 Å². The van der Waals surface area contributed by atoms with Gasteiger partial charge < -0.3 is 4.74 Å². The molecule has 2 aromatic carbocycles. The topological polar surface area (TPSA) is 26.3 Å². The number of hydrogen-bond donors (Lipinski definition) is 0. The van der Waals surface area contributed by atoms with Crippen molar-refractivity contribution in [1.82, 2.24) is 0 Å². The summed E-state index contributed by atoms with van der Waals surface area (Å²) < 4.78 is 6.01. The van der Waals surface area contributed by atoms with Gasteiger partial charge >= 0.3 is 5.97 Å². The summed E-state index contributed by atoms with van der Waals surface area (Å²) in [4.78, 5) is 12.9. The predicted molar refractivity (Wildman–Crippen MR) is 104 cm³/mol. The summed E-state index contributed by atoms with van der Waals surface area (Å²) in [5.74, 6) is 0.153. The number of esters is 1. The molecule has 2 unspecified atom stereocenters. The van der Waals surface area contributed by atoms with Crippen molar-refractivity contribution >= 4 is 5.97 Å². The summed E-state index contributed by atoms with van der Waals surface area (Å²) in [6.45, 7) is 12.7. The fraction of sp³-hybridized carbons (Fsp3) is 0.435. The van der Waals surface area contributed by atoms with E-state index in [0.717, 1.165) is 5.56 Å². The summed E-state index contributed by atoms with van der Waals surface area (Å²) in [6.07, 6.45) is -0.164. The van der Waals surface area contributed by atoms with E-state index >= 15 is 0 Å². The predicted octanol–water partition coefficient (Wildman–Crippen LogP) is 5.97. The van der Waals surface area contributed by atoms with Crippen LogP contribution >= 0.6 is 0 Å². The molecule has 2 heteroatoms. The largest absolute Gasteiger partial charge is 0.458 e. The first kappa shape index (κ1) is 19.2. The van der Waals surface area contributed by atoms with Gasteiger partial charge in [0.2, 0.25) is 0 Å². The molecule has 0 heterocycles. The van der Waals surface area contributed by atoms with Crippen molar-refractivity contribution in [1.29, 1.82) is 0 Å². The van der Waals surface area contributed by atoms with Gasteiger partial charge in [-0.25, -0.2) is 4.79 Å². The van der Waals surface area contributed by atoms with Crippen LogP contribution in [0.3, 0.4) is 0 Å². The minimum absolute atomic E-state index is 0.103. The SMILES string of the molecule is CC(C)C(OC(=O)c1ccccc1C(C)(C)C)C(C)c1ccccc1. The van der Waals surface area contributed by atoms with Crippen LogP contribution in [-0.4, -0.2) is 12.1 Å². The Hall–Kier alpha value is -2.09. The van der Waals surface area contributed by atoms with Crippen molar-refractivity contribution in [3.8, 4) is 0 Å². The molecule has 2 atom stereocenters. The maximum absolute atomic E-state index is 12.9. The Kier molecular flexibility index (Phi) is 6.05. The molecule has 0 radical (unpaired) electrons. The molecule has 0 saturated carbocycles. The summed E-state index contributed by atoms with van der Waals surface area (Å²) in [5, 5.41) is 0. The molecule has 0 aliphatic rings. The number of carbonyl (C=O) groups excluding carboxylic acids is 1. The zero-order valence-corrected chi connectivity index (χ0v) is 16.2. The first-order valence-corrected chi connectivity index (χ1v) is 9.07. The highest BCUT2D eigenvalue weighted by Gasteiger charge is 2.29. The lowest BCUT2D eigenvalue weighted by molar-refractivity contribution is 0.0110. The Morgan fingerprint density at radius 3 is 2.00 bits per heavy atom. The maximum atomic E-state index is 12.9. The molecule has 0 bridgehead atoms. The van der Waals surface area contributed by atoms with Crippen LogP contribution in [0.4, 0.5) is 0 Å². The molecule has 25 heavy (non-hydrogen) atoms. The highest BCUT2D eigenvalue weighted by Crippen LogP contribution is 2.30. The standard InChI is InChI=1S/C23H30O2/c1-16(2)21(17(3)18-12-8-7-9-13-18)25-22(24)19-14-10-11-15-20(19)23(4,5)6/h7-17,21H,1-6H3. The summed E-state index contributed by atoms with van der Waals surface area (Å²) in [6, 6.07) is 18.0. The second kappa shape index (κ2) is 7.86. The van der Waals surface area contributed by atoms with E-state index in [2.05, 4.69) is 53.7 Å². The fourth-order valence-electron chi connectivity index (χ4n) is 3.26. The van der Waals surface area contributed by atoms with E-state index < -0.39 is 0 Å². The molecule has 2 aromatic rings. The molecule has 0 fully saturated rings. The molecule has 0 amide bonds. The van der Waals surface area contributed by atoms with Crippen molar-refractivity contribution in [2.75, 3.05) is 0 Å². The second-order valence-corrected chi connectivity index (χ2v) is 8.11. The Bertz CT molecular complexity index is 696. The van der Waals surface area contributed by atoms with Gasteiger partial charge in [0.15, 0.2) is 0 Å². The zero-order valence-electron chi connectivity index (χ0n) is 16.2. The lowest BCUT2D eigenvalue weighted by Gasteiger charge is -2.29. The Morgan fingerprint density at radius 2 is 1.44 bits per heavy atom. The molecule has 0 saturated heterocycles. The van der Waals surface area contributed by atoms with Gasteiger partial charge in [0, 0.05) is 5.92 Å². The first-order valence-electron chi connectivity index (χ1n) is 9.07. The number of ether oxygens (including phenoxy) is 1. The van der Waals surface area contributed by atoms with Crippen molar-refractivity contribution in [2.45, 2.75) is 59.0 Å². The number of carbonyl (C=O) groups is 1. The highest BCUT2D eigenvalue weighted by atomic mass is 16.5. The Labute approximate surface area is 152 Å². The van der Waals surface area contributed by atoms with Crippen LogP contribution in [0.15, 0.2) is 54.6 Å². The summed E-state index contributed by atoms with van der Waals surface area (Å²) in [5.41, 5.74) is 2.78. The molecule has 0 aliphatic carbocycles. The normalized spacial score (nSPS) is 14.2. The van der Waals surface area contributed by atoms with E-state index in [1.807, 2.05) is 42.5 Å². The molecule has 0 aromatic heterocycles. The third kappa shape index (κ3) is 4.72. The third-order valence-electron chi connectivity index (χ3n) is 4.67. The second-order valence-electron chi connectivity index (χ2n) is 8.11. The third-order valence-corrected chi connectivity index (χ3v) is 4.67. The summed E-state index contributed by atoms with van der Waals surface area (Å²) in [7, 11) is 0. The Morgan fingerprint density at radius 1 is 0.880 bits per heavy atom. The molecular weight excluding hydrogens is 308 g/mol. The number of rotatable bonds is 5. The number of benzene rings is 2. The van der Waals surface area contributed by atoms with Crippen molar-refractivity contribution in [3.63, 3.8) is 0 Å². The van der Waals surface area contributed by atoms with E-state index in [4.69, 9.17) is 4.74 Å². The van der Waals surface area contributed by atoms with Gasteiger partial charge in [-0.05, 0) is 28.5 Å². The van der Waals surface area contributed by atoms with Crippen molar-refractivity contribution < 1.29 is 9.53 Å². The number of hydrogen-bond acceptors (Lipinski definition) is 2. The van der Waals surface area contributed by atoms with Crippen LogP contribution in [0.1, 0.15) is 68.9 Å². The quantitative estimate of drug-likeness (QED) is 0.628. The van der Waals surface area contributed by atoms with Gasteiger partial charge in [-0.2, -0.15) is 0 Å². The van der Waals surface area contributed by atoms with Gasteiger partial charge in [0.25, 0.3) is 0 Å². The van der Waals surface area contributed by atoms with E-state index in [0.29, 0.717) is 5.56 Å². The van der Waals surface area contributed by atoms with E-state index in [1.165, 1.54) is 5.56 Å². The molecule has 2 rings (SSSR count). The molecule has 2 nitrogen and oxygen atoms in total. The van der Waals surface area contributed by atoms with Crippen molar-refractivity contribution in [3.05, 3.63) is 71.3 Å². The zero-order chi connectivity index (χ0) is 18.6. The average molecular weight is 338 g/mol. The molecular formula is C23H30O2. The van der Waals surface area contributed by atoms with E-state index in [1.54, 1.807) is 0 Å². The molecule has 0 spiro atoms. The van der Waals surface area contributed by atoms with Crippen molar-refractivity contribution in [2.24, 2.45) is 5.92 Å². The molecule has 0 aliphatic heterocycles.